The van der Waals surface area contributed by atoms with E-state index in [-0.39, 0.29) is 0 Å². The molecule has 96 valence electrons. The van der Waals surface area contributed by atoms with Gasteiger partial charge in [-0.2, -0.15) is 0 Å². The lowest BCUT2D eigenvalue weighted by atomic mass is 9.99. The molecule has 0 saturated carbocycles. The van der Waals surface area contributed by atoms with Gasteiger partial charge in [0.1, 0.15) is 0 Å². The normalized spacial score (nSPS) is 12.7. The van der Waals surface area contributed by atoms with Crippen LogP contribution in [-0.4, -0.2) is 14.7 Å². The molecule has 1 heterocycles. The lowest BCUT2D eigenvalue weighted by Crippen LogP contribution is -2.04. The van der Waals surface area contributed by atoms with Gasteiger partial charge in [0, 0.05) is 6.42 Å². The molecule has 18 heavy (non-hydrogen) atoms. The Labute approximate surface area is 112 Å². The van der Waals surface area contributed by atoms with Crippen LogP contribution in [-0.2, 0) is 12.8 Å². The highest BCUT2D eigenvalue weighted by molar-refractivity contribution is 7.05. The van der Waals surface area contributed by atoms with Crippen LogP contribution < -0.4 is 0 Å². The summed E-state index contributed by atoms with van der Waals surface area (Å²) in [7, 11) is 0. The number of rotatable bonds is 4. The minimum Gasteiger partial charge on any atom is -0.387 e. The van der Waals surface area contributed by atoms with Crippen molar-refractivity contribution in [3.63, 3.8) is 0 Å². The van der Waals surface area contributed by atoms with Crippen molar-refractivity contribution in [3.05, 3.63) is 45.5 Å². The molecule has 2 aromatic rings. The van der Waals surface area contributed by atoms with E-state index in [1.807, 2.05) is 6.92 Å². The van der Waals surface area contributed by atoms with Crippen molar-refractivity contribution >= 4 is 11.5 Å². The average molecular weight is 262 g/mol. The van der Waals surface area contributed by atoms with Crippen molar-refractivity contribution < 1.29 is 5.11 Å². The summed E-state index contributed by atoms with van der Waals surface area (Å²) in [5.74, 6) is 0. The first-order valence-corrected chi connectivity index (χ1v) is 6.94. The largest absolute Gasteiger partial charge is 0.387 e. The van der Waals surface area contributed by atoms with Crippen LogP contribution in [0.1, 0.15) is 40.3 Å². The standard InChI is InChI=1S/C14H18N2OS/c1-4-12-14(18-16-15-12)13(17)8-11-7-9(2)5-6-10(11)3/h5-7,13,17H,4,8H2,1-3H3. The molecule has 2 rings (SSSR count). The van der Waals surface area contributed by atoms with Crippen LogP contribution in [0, 0.1) is 13.8 Å². The summed E-state index contributed by atoms with van der Waals surface area (Å²) < 4.78 is 3.93. The second-order valence-electron chi connectivity index (χ2n) is 4.59. The molecule has 0 aliphatic carbocycles. The van der Waals surface area contributed by atoms with E-state index in [0.29, 0.717) is 6.42 Å². The van der Waals surface area contributed by atoms with Crippen LogP contribution in [0.3, 0.4) is 0 Å². The predicted octanol–water partition coefficient (Wildman–Crippen LogP) is 2.99. The Morgan fingerprint density at radius 2 is 2.11 bits per heavy atom. The molecule has 4 heteroatoms. The average Bonchev–Trinajstić information content (AvgIpc) is 2.82. The van der Waals surface area contributed by atoms with Gasteiger partial charge in [0.25, 0.3) is 0 Å². The maximum absolute atomic E-state index is 10.3. The van der Waals surface area contributed by atoms with Crippen LogP contribution in [0.4, 0.5) is 0 Å². The molecular weight excluding hydrogens is 244 g/mol. The molecule has 1 N–H and O–H groups in total. The van der Waals surface area contributed by atoms with Crippen molar-refractivity contribution in [3.8, 4) is 0 Å². The molecule has 0 bridgehead atoms. The third-order valence-corrected chi connectivity index (χ3v) is 4.01. The number of aryl methyl sites for hydroxylation is 3. The van der Waals surface area contributed by atoms with E-state index in [2.05, 4.69) is 41.6 Å². The van der Waals surface area contributed by atoms with E-state index in [1.54, 1.807) is 0 Å². The van der Waals surface area contributed by atoms with Crippen molar-refractivity contribution in [2.75, 3.05) is 0 Å². The fraction of sp³-hybridized carbons (Fsp3) is 0.429. The lowest BCUT2D eigenvalue weighted by Gasteiger charge is -2.12. The Balaban J connectivity index is 2.21. The summed E-state index contributed by atoms with van der Waals surface area (Å²) in [5, 5.41) is 14.4. The maximum Gasteiger partial charge on any atom is 0.0957 e. The highest BCUT2D eigenvalue weighted by Crippen LogP contribution is 2.25. The molecule has 1 aromatic carbocycles. The van der Waals surface area contributed by atoms with Gasteiger partial charge in [-0.3, -0.25) is 0 Å². The summed E-state index contributed by atoms with van der Waals surface area (Å²) in [6, 6.07) is 6.33. The molecule has 0 aliphatic heterocycles. The van der Waals surface area contributed by atoms with Gasteiger partial charge in [0.15, 0.2) is 0 Å². The Morgan fingerprint density at radius 1 is 1.33 bits per heavy atom. The summed E-state index contributed by atoms with van der Waals surface area (Å²) >= 11 is 1.30. The number of aliphatic hydroxyl groups excluding tert-OH is 1. The molecule has 0 amide bonds. The van der Waals surface area contributed by atoms with E-state index in [1.165, 1.54) is 28.2 Å². The molecule has 1 aromatic heterocycles. The fourth-order valence-corrected chi connectivity index (χ4v) is 2.76. The number of nitrogens with zero attached hydrogens (tertiary/aromatic N) is 2. The summed E-state index contributed by atoms with van der Waals surface area (Å²) in [4.78, 5) is 0.901. The van der Waals surface area contributed by atoms with Crippen LogP contribution in [0.25, 0.3) is 0 Å². The quantitative estimate of drug-likeness (QED) is 0.921. The monoisotopic (exact) mass is 262 g/mol. The topological polar surface area (TPSA) is 46.0 Å². The molecular formula is C14H18N2OS. The number of hydrogen-bond donors (Lipinski definition) is 1. The van der Waals surface area contributed by atoms with Gasteiger partial charge >= 0.3 is 0 Å². The maximum atomic E-state index is 10.3. The van der Waals surface area contributed by atoms with Gasteiger partial charge < -0.3 is 5.11 Å². The highest BCUT2D eigenvalue weighted by Gasteiger charge is 2.17. The van der Waals surface area contributed by atoms with Crippen LogP contribution in [0.5, 0.6) is 0 Å². The van der Waals surface area contributed by atoms with E-state index in [0.717, 1.165) is 17.0 Å². The van der Waals surface area contributed by atoms with Crippen molar-refractivity contribution in [1.82, 2.24) is 9.59 Å². The molecule has 0 saturated heterocycles. The fourth-order valence-electron chi connectivity index (χ4n) is 2.03. The SMILES string of the molecule is CCc1nnsc1C(O)Cc1cc(C)ccc1C. The van der Waals surface area contributed by atoms with Crippen LogP contribution >= 0.6 is 11.5 Å². The van der Waals surface area contributed by atoms with Gasteiger partial charge in [-0.15, -0.1) is 5.10 Å². The second-order valence-corrected chi connectivity index (χ2v) is 5.37. The Kier molecular flexibility index (Phi) is 4.09. The summed E-state index contributed by atoms with van der Waals surface area (Å²) in [5.41, 5.74) is 4.55. The molecule has 0 radical (unpaired) electrons. The zero-order chi connectivity index (χ0) is 13.1. The molecule has 0 fully saturated rings. The van der Waals surface area contributed by atoms with Crippen molar-refractivity contribution in [2.45, 2.75) is 39.7 Å². The van der Waals surface area contributed by atoms with E-state index in [4.69, 9.17) is 0 Å². The third-order valence-electron chi connectivity index (χ3n) is 3.14. The van der Waals surface area contributed by atoms with Crippen molar-refractivity contribution in [2.24, 2.45) is 0 Å². The first-order chi connectivity index (χ1) is 8.61. The number of benzene rings is 1. The molecule has 1 atom stereocenters. The van der Waals surface area contributed by atoms with Crippen molar-refractivity contribution in [1.29, 1.82) is 0 Å². The van der Waals surface area contributed by atoms with Gasteiger partial charge in [-0.25, -0.2) is 0 Å². The minimum atomic E-state index is -0.500. The minimum absolute atomic E-state index is 0.500. The Hall–Kier alpha value is -1.26. The zero-order valence-corrected chi connectivity index (χ0v) is 11.8. The Morgan fingerprint density at radius 3 is 2.83 bits per heavy atom. The van der Waals surface area contributed by atoms with Gasteiger partial charge in [0.2, 0.25) is 0 Å². The summed E-state index contributed by atoms with van der Waals surface area (Å²) in [6.07, 6.45) is 0.945. The van der Waals surface area contributed by atoms with Gasteiger partial charge in [0.05, 0.1) is 16.7 Å². The smallest absolute Gasteiger partial charge is 0.0957 e. The van der Waals surface area contributed by atoms with Crippen LogP contribution in [0.2, 0.25) is 0 Å². The van der Waals surface area contributed by atoms with Crippen LogP contribution in [0.15, 0.2) is 18.2 Å². The lowest BCUT2D eigenvalue weighted by molar-refractivity contribution is 0.181. The molecule has 1 unspecified atom stereocenters. The summed E-state index contributed by atoms with van der Waals surface area (Å²) in [6.45, 7) is 6.18. The van der Waals surface area contributed by atoms with Gasteiger partial charge in [-0.05, 0) is 42.9 Å². The highest BCUT2D eigenvalue weighted by atomic mass is 32.1. The predicted molar refractivity (Wildman–Crippen MR) is 73.9 cm³/mol. The Bertz CT molecular complexity index is 536. The number of hydrogen-bond acceptors (Lipinski definition) is 4. The zero-order valence-electron chi connectivity index (χ0n) is 11.0. The number of aliphatic hydroxyl groups is 1. The van der Waals surface area contributed by atoms with E-state index >= 15 is 0 Å². The first-order valence-electron chi connectivity index (χ1n) is 6.17. The molecule has 0 aliphatic rings. The molecule has 3 nitrogen and oxygen atoms in total. The van der Waals surface area contributed by atoms with E-state index < -0.39 is 6.10 Å². The molecule has 0 spiro atoms. The third kappa shape index (κ3) is 2.76. The van der Waals surface area contributed by atoms with E-state index in [9.17, 15) is 5.11 Å². The van der Waals surface area contributed by atoms with Gasteiger partial charge in [-0.1, -0.05) is 35.2 Å². The number of aromatic nitrogens is 2. The first kappa shape index (κ1) is 13.2. The second kappa shape index (κ2) is 5.59.